The van der Waals surface area contributed by atoms with Crippen molar-refractivity contribution in [1.82, 2.24) is 0 Å². The van der Waals surface area contributed by atoms with E-state index in [0.717, 1.165) is 25.7 Å². The Labute approximate surface area is 742 Å². The van der Waals surface area contributed by atoms with Gasteiger partial charge in [-0.25, -0.2) is 0 Å². The summed E-state index contributed by atoms with van der Waals surface area (Å²) in [5, 5.41) is 184. The molecule has 0 N–H and O–H groups in total. The van der Waals surface area contributed by atoms with Crippen molar-refractivity contribution in [2.75, 3.05) is 0 Å². The summed E-state index contributed by atoms with van der Waals surface area (Å²) < 4.78 is 3.27. The van der Waals surface area contributed by atoms with E-state index in [2.05, 4.69) is 47.0 Å². The zero-order valence-electron chi connectivity index (χ0n) is 67.5. The minimum atomic E-state index is -0.301. The number of hydrogen-bond acceptors (Lipinski definition) is 4. The predicted octanol–water partition coefficient (Wildman–Crippen LogP) is 37.7. The monoisotopic (exact) mass is 1700 g/mol. The van der Waals surface area contributed by atoms with Gasteiger partial charge in [0.15, 0.2) is 0 Å². The zero-order chi connectivity index (χ0) is 78.1. The van der Waals surface area contributed by atoms with Crippen LogP contribution >= 0.6 is 47.0 Å². The molecule has 0 bridgehead atoms. The zero-order valence-corrected chi connectivity index (χ0v) is 70.7. The van der Waals surface area contributed by atoms with Gasteiger partial charge in [-0.05, 0) is 652 Å². The van der Waals surface area contributed by atoms with E-state index in [4.69, 9.17) is 0 Å². The average molecular weight is 1700 g/mol. The quantitative estimate of drug-likeness (QED) is 0.139. The van der Waals surface area contributed by atoms with Gasteiger partial charge >= 0.3 is 0 Å². The smallest absolute Gasteiger partial charge is 0.0700 e. The molecule has 0 saturated heterocycles. The van der Waals surface area contributed by atoms with E-state index in [1.165, 1.54) is 0 Å². The Kier molecular flexibility index (Phi) is 4.10. The molecule has 56 aromatic rings. The second-order valence-corrected chi connectivity index (χ2v) is 55.4. The molecule has 12 aliphatic rings. The lowest BCUT2D eigenvalue weighted by molar-refractivity contribution is 0.309. The van der Waals surface area contributed by atoms with E-state index in [0.29, 0.717) is 0 Å². The molecule has 134 heavy (non-hydrogen) atoms. The van der Waals surface area contributed by atoms with E-state index in [1.54, 1.807) is 610 Å². The van der Waals surface area contributed by atoms with Crippen molar-refractivity contribution in [2.24, 2.45) is 0 Å². The first-order valence-electron chi connectivity index (χ1n) is 50.2. The van der Waals surface area contributed by atoms with Crippen molar-refractivity contribution in [3.8, 4) is 0 Å². The van der Waals surface area contributed by atoms with Gasteiger partial charge in [0.2, 0.25) is 0 Å². The Morgan fingerprint density at radius 2 is 0.142 bits per heavy atom. The maximum atomic E-state index is 2.36. The van der Waals surface area contributed by atoms with Crippen LogP contribution in [0.2, 0.25) is 0 Å². The normalized spacial score (nSPS) is 24.4. The van der Waals surface area contributed by atoms with Crippen molar-refractivity contribution in [1.29, 1.82) is 0 Å². The first kappa shape index (κ1) is 49.3. The molecule has 0 unspecified atom stereocenters. The molecule has 10 aliphatic carbocycles. The fourth-order valence-corrected chi connectivity index (χ4v) is 57.0. The van der Waals surface area contributed by atoms with Crippen LogP contribution in [0.3, 0.4) is 0 Å². The van der Waals surface area contributed by atoms with Crippen LogP contribution in [-0.4, -0.2) is 0 Å². The summed E-state index contributed by atoms with van der Waals surface area (Å²) in [5.41, 5.74) is 13.5. The molecule has 56 aromatic carbocycles. The van der Waals surface area contributed by atoms with Crippen molar-refractivity contribution in [3.05, 3.63) is 72.6 Å². The lowest BCUT2D eigenvalue weighted by Crippen LogP contribution is -2.53. The average Bonchev–Trinajstić information content (AvgIpc) is 1.38. The minimum Gasteiger partial charge on any atom is -0.0846 e. The fourth-order valence-electron chi connectivity index (χ4n) is 50.8. The summed E-state index contributed by atoms with van der Waals surface area (Å²) in [5.74, 6) is 0. The highest BCUT2D eigenvalue weighted by atomic mass is 32.2. The molecule has 2 heterocycles. The van der Waals surface area contributed by atoms with Crippen molar-refractivity contribution in [2.45, 2.75) is 47.3 Å². The lowest BCUT2D eigenvalue weighted by Gasteiger charge is -2.57. The van der Waals surface area contributed by atoms with E-state index < -0.39 is 0 Å². The van der Waals surface area contributed by atoms with Crippen molar-refractivity contribution >= 4 is 629 Å². The van der Waals surface area contributed by atoms with Crippen LogP contribution in [0.5, 0.6) is 0 Å². The molecular weight excluding hydrogens is 1690 g/mol. The molecule has 4 heteroatoms. The maximum Gasteiger partial charge on any atom is 0.0700 e. The van der Waals surface area contributed by atoms with E-state index in [-0.39, 0.29) is 21.7 Å². The van der Waals surface area contributed by atoms with Crippen LogP contribution in [0.4, 0.5) is 0 Å². The van der Waals surface area contributed by atoms with Gasteiger partial charge in [-0.15, -0.1) is 0 Å². The number of hydrogen-bond donors (Lipinski definition) is 0. The van der Waals surface area contributed by atoms with Gasteiger partial charge < -0.3 is 0 Å². The Morgan fingerprint density at radius 1 is 0.0821 bits per heavy atom. The Bertz CT molecular complexity index is 14300. The molecule has 0 atom stereocenters. The first-order chi connectivity index (χ1) is 66.8. The molecule has 68 rings (SSSR count). The summed E-state index contributed by atoms with van der Waals surface area (Å²) in [6.07, 6.45) is 4.39. The fraction of sp³-hybridized carbons (Fsp3) is 0.0615. The second kappa shape index (κ2) is 11.1. The highest BCUT2D eigenvalue weighted by molar-refractivity contribution is 8.34. The largest absolute Gasteiger partial charge is 0.0846 e. The third kappa shape index (κ3) is 2.63. The number of allylic oxidation sites excluding steroid dienone is 4. The van der Waals surface area contributed by atoms with E-state index >= 15 is 0 Å². The van der Waals surface area contributed by atoms with Gasteiger partial charge in [-0.1, -0.05) is 47.0 Å². The predicted molar refractivity (Wildman–Crippen MR) is 578 cm³/mol. The van der Waals surface area contributed by atoms with Crippen LogP contribution in [0.25, 0.3) is 582 Å². The summed E-state index contributed by atoms with van der Waals surface area (Å²) in [7, 11) is 0. The highest BCUT2D eigenvalue weighted by Gasteiger charge is 2.76. The van der Waals surface area contributed by atoms with Gasteiger partial charge in [0.1, 0.15) is 0 Å². The van der Waals surface area contributed by atoms with Gasteiger partial charge in [0.25, 0.3) is 0 Å². The van der Waals surface area contributed by atoms with Crippen LogP contribution in [0.15, 0.2) is 28.1 Å². The summed E-state index contributed by atoms with van der Waals surface area (Å²) >= 11 is 9.42. The molecule has 4 spiro atoms. The van der Waals surface area contributed by atoms with Crippen LogP contribution in [0.1, 0.15) is 70.2 Å². The first-order valence-corrected chi connectivity index (χ1v) is 53.5. The second-order valence-electron chi connectivity index (χ2n) is 50.5. The Morgan fingerprint density at radius 3 is 0.209 bits per heavy atom. The lowest BCUT2D eigenvalue weighted by atomic mass is 9.45. The van der Waals surface area contributed by atoms with Crippen molar-refractivity contribution < 1.29 is 0 Å². The Balaban J connectivity index is 0.516. The van der Waals surface area contributed by atoms with Gasteiger partial charge in [-0.2, -0.15) is 0 Å². The molecule has 0 amide bonds. The van der Waals surface area contributed by atoms with Crippen LogP contribution in [0, 0.1) is 0 Å². The summed E-state index contributed by atoms with van der Waals surface area (Å²) in [4.78, 5) is 6.98. The third-order valence-electron chi connectivity index (χ3n) is 50.7. The number of thioether (sulfide) groups is 4. The Hall–Kier alpha value is -14.5. The molecule has 0 radical (unpaired) electrons. The standard InChI is InChI=1S/C130H8S4/c1-5-6(2-128-119-103-87-67-47-31-15-10-9-13-21-23(15)39-53-37(21)57-45-29(13)30-14(9)22-24-16(10)32(31)48-60-40(24)54-38(22)58-46(30)66-65(45)85-73(57)93-81(53)95(75(87)59(39)47)111(119)109(93)117-101(85)102-86(66)74(58)94-82(54)96-76(60)88(68(48)67)104(103)120(128)112(96)110(94)118(102)127(1,117)128)132-125(131-5)126-133-7-3-129-121-105-89-69-49-33-17-11-12-19-27-25(17)41-55-43(27)63-51-35(19)36-20(12)28-26-18(11)34(33)50-62-42(26)56-44(28)64-52(36)72-71(51)91-79(63)99-83(55)97(77(89)61(41)49)113(121)115(99)123-107(91)108-92(72)80(64)100-84(56)98-78(62)90(70(50)69)106(105)122(129)114(98)116(100)124(108)130(123,129)4-8(7)134-126/h1-4H2. The third-order valence-corrected chi connectivity index (χ3v) is 56.6. The molecule has 2 aliphatic heterocycles. The number of benzene rings is 36. The molecule has 552 valence electrons. The van der Waals surface area contributed by atoms with E-state index in [1.807, 2.05) is 44.5 Å². The van der Waals surface area contributed by atoms with Crippen molar-refractivity contribution in [3.63, 3.8) is 0 Å². The highest BCUT2D eigenvalue weighted by Crippen LogP contribution is 2.93. The minimum absolute atomic E-state index is 0.301. The number of rotatable bonds is 0. The van der Waals surface area contributed by atoms with E-state index in [9.17, 15) is 0 Å². The topological polar surface area (TPSA) is 0 Å². The maximum absolute atomic E-state index is 2.36. The molecule has 0 nitrogen and oxygen atoms in total. The van der Waals surface area contributed by atoms with Crippen LogP contribution < -0.4 is 0 Å². The van der Waals surface area contributed by atoms with Gasteiger partial charge in [-0.3, -0.25) is 0 Å². The van der Waals surface area contributed by atoms with Gasteiger partial charge in [0, 0.05) is 41.3 Å². The molecule has 0 aromatic heterocycles. The SMILES string of the molecule is C1C2=C(CC34c5c6c7c8c9c%10c(c%11c%12c3c3c5c5c%13c6c6c7c7c9c9c%14c%10c%10c%11c%11c%12c%12c3c3c5c5c%13c%13c6c6c7c9c7c9c%14c%10c%10c%11c%11c%12c3c3c5c5c%13c6c7c6c9c%10c%11c3c56)C184)SC(=C1SC3=C(CC45c6c7c8c9c%10c%11c(c%12c%13c4c4c6c6c%14c7c7c8c8c%10c%10c%15c%11c%11c%12c%12c%13c%13c4c4c6c6c%14c%14c7c7c8c%10c8c%10c%15c%11c%11c%12c%12c%13c4c4c6c6c%14c7c8c7c%10c%11c%12c4c67)C95C3)S1)S2. The molecular formula is C130H8S4. The summed E-state index contributed by atoms with van der Waals surface area (Å²) in [6.45, 7) is 0. The van der Waals surface area contributed by atoms with Gasteiger partial charge in [0.05, 0.1) is 8.47 Å². The van der Waals surface area contributed by atoms with Crippen LogP contribution in [-0.2, 0) is 21.7 Å². The molecule has 0 saturated carbocycles. The molecule has 0 fully saturated rings. The summed E-state index contributed by atoms with van der Waals surface area (Å²) in [6, 6.07) is 0.